The average Bonchev–Trinajstić information content (AvgIpc) is 2.45. The molecule has 0 radical (unpaired) electrons. The Morgan fingerprint density at radius 1 is 0.667 bits per heavy atom. The fourth-order valence-corrected chi connectivity index (χ4v) is 1.45. The Morgan fingerprint density at radius 3 is 1.44 bits per heavy atom. The quantitative estimate of drug-likeness (QED) is 0.702. The molecule has 4 heteroatoms. The summed E-state index contributed by atoms with van der Waals surface area (Å²) in [5, 5.41) is 0. The Hall–Kier alpha value is -2.10. The number of aromatic nitrogens is 2. The molecule has 2 heterocycles. The molecule has 2 aromatic heterocycles. The van der Waals surface area contributed by atoms with Gasteiger partial charge < -0.3 is 9.47 Å². The topological polar surface area (TPSA) is 44.2 Å². The van der Waals surface area contributed by atoms with Crippen LogP contribution in [0.15, 0.2) is 49.1 Å². The van der Waals surface area contributed by atoms with Crippen molar-refractivity contribution >= 4 is 0 Å². The first-order valence-electron chi connectivity index (χ1n) is 6.01. The first-order chi connectivity index (χ1) is 8.95. The van der Waals surface area contributed by atoms with Crippen LogP contribution >= 0.6 is 0 Å². The van der Waals surface area contributed by atoms with E-state index in [9.17, 15) is 0 Å². The van der Waals surface area contributed by atoms with Gasteiger partial charge in [-0.15, -0.1) is 0 Å². The van der Waals surface area contributed by atoms with Crippen molar-refractivity contribution in [2.45, 2.75) is 12.8 Å². The van der Waals surface area contributed by atoms with E-state index in [0.29, 0.717) is 13.2 Å². The van der Waals surface area contributed by atoms with Gasteiger partial charge in [0.2, 0.25) is 0 Å². The van der Waals surface area contributed by atoms with Crippen molar-refractivity contribution in [3.05, 3.63) is 49.1 Å². The summed E-state index contributed by atoms with van der Waals surface area (Å²) in [6.07, 6.45) is 8.83. The van der Waals surface area contributed by atoms with Crippen molar-refractivity contribution < 1.29 is 9.47 Å². The normalized spacial score (nSPS) is 10.0. The Bertz CT molecular complexity index is 391. The summed E-state index contributed by atoms with van der Waals surface area (Å²) < 4.78 is 11.1. The van der Waals surface area contributed by atoms with E-state index in [1.165, 1.54) is 0 Å². The summed E-state index contributed by atoms with van der Waals surface area (Å²) in [7, 11) is 0. The van der Waals surface area contributed by atoms with E-state index in [4.69, 9.17) is 9.47 Å². The third-order valence-electron chi connectivity index (χ3n) is 2.38. The molecule has 0 saturated carbocycles. The minimum absolute atomic E-state index is 0.698. The van der Waals surface area contributed by atoms with Crippen LogP contribution in [0.5, 0.6) is 11.5 Å². The molecular weight excluding hydrogens is 228 g/mol. The second-order valence-electron chi connectivity index (χ2n) is 3.77. The lowest BCUT2D eigenvalue weighted by molar-refractivity contribution is 0.266. The Labute approximate surface area is 107 Å². The van der Waals surface area contributed by atoms with Crippen LogP contribution in [0.4, 0.5) is 0 Å². The lowest BCUT2D eigenvalue weighted by atomic mass is 10.3. The van der Waals surface area contributed by atoms with Crippen molar-refractivity contribution in [1.82, 2.24) is 9.97 Å². The van der Waals surface area contributed by atoms with E-state index in [1.807, 2.05) is 24.3 Å². The molecule has 0 aromatic carbocycles. The maximum atomic E-state index is 5.55. The van der Waals surface area contributed by atoms with E-state index in [1.54, 1.807) is 24.8 Å². The predicted octanol–water partition coefficient (Wildman–Crippen LogP) is 2.71. The van der Waals surface area contributed by atoms with Gasteiger partial charge in [-0.25, -0.2) is 0 Å². The highest BCUT2D eigenvalue weighted by Crippen LogP contribution is 2.09. The second-order valence-corrected chi connectivity index (χ2v) is 3.77. The van der Waals surface area contributed by atoms with Crippen molar-refractivity contribution in [3.8, 4) is 11.5 Å². The number of nitrogens with zero attached hydrogens (tertiary/aromatic N) is 2. The van der Waals surface area contributed by atoms with Gasteiger partial charge >= 0.3 is 0 Å². The number of hydrogen-bond donors (Lipinski definition) is 0. The molecule has 0 fully saturated rings. The molecule has 0 bridgehead atoms. The van der Waals surface area contributed by atoms with Crippen LogP contribution in [0.2, 0.25) is 0 Å². The van der Waals surface area contributed by atoms with Crippen LogP contribution in [-0.2, 0) is 0 Å². The number of ether oxygens (including phenoxy) is 2. The van der Waals surface area contributed by atoms with Crippen molar-refractivity contribution in [3.63, 3.8) is 0 Å². The number of rotatable bonds is 7. The Balaban J connectivity index is 1.54. The Morgan fingerprint density at radius 2 is 1.06 bits per heavy atom. The largest absolute Gasteiger partial charge is 0.493 e. The molecule has 0 unspecified atom stereocenters. The van der Waals surface area contributed by atoms with Crippen molar-refractivity contribution in [2.24, 2.45) is 0 Å². The lowest BCUT2D eigenvalue weighted by Gasteiger charge is -2.07. The minimum Gasteiger partial charge on any atom is -0.493 e. The SMILES string of the molecule is c1cc(OCCCCOc2ccncc2)ccn1. The average molecular weight is 244 g/mol. The minimum atomic E-state index is 0.698. The molecule has 18 heavy (non-hydrogen) atoms. The summed E-state index contributed by atoms with van der Waals surface area (Å²) >= 11 is 0. The summed E-state index contributed by atoms with van der Waals surface area (Å²) in [5.74, 6) is 1.72. The Kier molecular flexibility index (Phi) is 4.99. The van der Waals surface area contributed by atoms with Gasteiger partial charge in [0, 0.05) is 24.8 Å². The molecule has 0 amide bonds. The highest BCUT2D eigenvalue weighted by atomic mass is 16.5. The first-order valence-corrected chi connectivity index (χ1v) is 6.01. The second kappa shape index (κ2) is 7.27. The molecule has 0 aliphatic rings. The van der Waals surface area contributed by atoms with Gasteiger partial charge in [-0.1, -0.05) is 0 Å². The van der Waals surface area contributed by atoms with Gasteiger partial charge in [0.1, 0.15) is 11.5 Å². The molecule has 0 spiro atoms. The van der Waals surface area contributed by atoms with Gasteiger partial charge in [0.25, 0.3) is 0 Å². The van der Waals surface area contributed by atoms with E-state index < -0.39 is 0 Å². The summed E-state index contributed by atoms with van der Waals surface area (Å²) in [5.41, 5.74) is 0. The van der Waals surface area contributed by atoms with E-state index >= 15 is 0 Å². The van der Waals surface area contributed by atoms with Gasteiger partial charge in [0.05, 0.1) is 13.2 Å². The molecule has 2 rings (SSSR count). The highest BCUT2D eigenvalue weighted by molar-refractivity contribution is 5.17. The molecule has 0 aliphatic carbocycles. The maximum Gasteiger partial charge on any atom is 0.122 e. The van der Waals surface area contributed by atoms with E-state index in [0.717, 1.165) is 24.3 Å². The molecule has 2 aromatic rings. The zero-order valence-corrected chi connectivity index (χ0v) is 10.2. The summed E-state index contributed by atoms with van der Waals surface area (Å²) in [4.78, 5) is 7.86. The molecular formula is C14H16N2O2. The van der Waals surface area contributed by atoms with Crippen LogP contribution < -0.4 is 9.47 Å². The van der Waals surface area contributed by atoms with Crippen LogP contribution in [0.3, 0.4) is 0 Å². The van der Waals surface area contributed by atoms with Gasteiger partial charge in [0.15, 0.2) is 0 Å². The molecule has 94 valence electrons. The zero-order chi connectivity index (χ0) is 12.5. The zero-order valence-electron chi connectivity index (χ0n) is 10.2. The molecule has 0 saturated heterocycles. The van der Waals surface area contributed by atoms with E-state index in [-0.39, 0.29) is 0 Å². The molecule has 0 aliphatic heterocycles. The van der Waals surface area contributed by atoms with E-state index in [2.05, 4.69) is 9.97 Å². The molecule has 0 N–H and O–H groups in total. The number of hydrogen-bond acceptors (Lipinski definition) is 4. The van der Waals surface area contributed by atoms with Gasteiger partial charge in [-0.3, -0.25) is 9.97 Å². The summed E-state index contributed by atoms with van der Waals surface area (Å²) in [6, 6.07) is 7.42. The van der Waals surface area contributed by atoms with Crippen LogP contribution in [0.25, 0.3) is 0 Å². The first kappa shape index (κ1) is 12.4. The van der Waals surface area contributed by atoms with Crippen LogP contribution in [0.1, 0.15) is 12.8 Å². The van der Waals surface area contributed by atoms with Crippen molar-refractivity contribution in [1.29, 1.82) is 0 Å². The standard InChI is InChI=1S/C14H16N2O2/c1(11-17-13-3-7-15-8-4-13)2-12-18-14-5-9-16-10-6-14/h3-10H,1-2,11-12H2. The fourth-order valence-electron chi connectivity index (χ4n) is 1.45. The van der Waals surface area contributed by atoms with Crippen LogP contribution in [-0.4, -0.2) is 23.2 Å². The maximum absolute atomic E-state index is 5.55. The summed E-state index contributed by atoms with van der Waals surface area (Å²) in [6.45, 7) is 1.40. The monoisotopic (exact) mass is 244 g/mol. The van der Waals surface area contributed by atoms with Gasteiger partial charge in [-0.05, 0) is 37.1 Å². The fraction of sp³-hybridized carbons (Fsp3) is 0.286. The number of pyridine rings is 2. The molecule has 4 nitrogen and oxygen atoms in total. The lowest BCUT2D eigenvalue weighted by Crippen LogP contribution is -2.02. The number of unbranched alkanes of at least 4 members (excludes halogenated alkanes) is 1. The third-order valence-corrected chi connectivity index (χ3v) is 2.38. The van der Waals surface area contributed by atoms with Gasteiger partial charge in [-0.2, -0.15) is 0 Å². The molecule has 0 atom stereocenters. The van der Waals surface area contributed by atoms with Crippen LogP contribution in [0, 0.1) is 0 Å². The predicted molar refractivity (Wildman–Crippen MR) is 68.7 cm³/mol. The van der Waals surface area contributed by atoms with Crippen molar-refractivity contribution in [2.75, 3.05) is 13.2 Å². The highest BCUT2D eigenvalue weighted by Gasteiger charge is 1.94. The third kappa shape index (κ3) is 4.41. The smallest absolute Gasteiger partial charge is 0.122 e.